The van der Waals surface area contributed by atoms with E-state index >= 15 is 0 Å². The van der Waals surface area contributed by atoms with Gasteiger partial charge in [0.2, 0.25) is 0 Å². The van der Waals surface area contributed by atoms with Crippen molar-refractivity contribution in [3.05, 3.63) is 0 Å². The van der Waals surface area contributed by atoms with Crippen LogP contribution in [-0.4, -0.2) is 28.2 Å². The molecular formula is C8H17BrSn. The first-order valence-electron chi connectivity index (χ1n) is 3.82. The molecule has 1 rings (SSSR count). The van der Waals surface area contributed by atoms with E-state index in [2.05, 4.69) is 29.8 Å². The van der Waals surface area contributed by atoms with E-state index in [4.69, 9.17) is 0 Å². The summed E-state index contributed by atoms with van der Waals surface area (Å²) in [5.41, 5.74) is 0. The molecule has 0 amide bonds. The fourth-order valence-electron chi connectivity index (χ4n) is 1.47. The quantitative estimate of drug-likeness (QED) is 0.476. The van der Waals surface area contributed by atoms with Crippen molar-refractivity contribution in [2.75, 3.05) is 0 Å². The van der Waals surface area contributed by atoms with Gasteiger partial charge in [0.05, 0.1) is 0 Å². The van der Waals surface area contributed by atoms with Crippen molar-refractivity contribution in [2.24, 2.45) is 5.92 Å². The molecule has 1 fully saturated rings. The molecule has 0 N–H and O–H groups in total. The van der Waals surface area contributed by atoms with E-state index < -0.39 is 0 Å². The summed E-state index contributed by atoms with van der Waals surface area (Å²) in [7, 11) is 0. The van der Waals surface area contributed by atoms with Crippen LogP contribution in [0.4, 0.5) is 0 Å². The summed E-state index contributed by atoms with van der Waals surface area (Å²) < 4.78 is 0.450. The summed E-state index contributed by atoms with van der Waals surface area (Å²) in [6.07, 6.45) is 5.60. The molecule has 2 radical (unpaired) electrons. The normalized spacial score (nSPS) is 40.5. The van der Waals surface area contributed by atoms with Crippen LogP contribution in [0.25, 0.3) is 0 Å². The summed E-state index contributed by atoms with van der Waals surface area (Å²) in [4.78, 5) is 0. The van der Waals surface area contributed by atoms with E-state index in [0.29, 0.717) is 4.32 Å². The Labute approximate surface area is 89.2 Å². The zero-order valence-corrected chi connectivity index (χ0v) is 12.6. The number of hydrogen-bond acceptors (Lipinski definition) is 0. The van der Waals surface area contributed by atoms with E-state index in [-0.39, 0.29) is 23.9 Å². The number of alkyl halides is 1. The van der Waals surface area contributed by atoms with Gasteiger partial charge in [0, 0.05) is 4.32 Å². The standard InChI is InChI=1S/C8H15Br.Sn.2H/c1-7-5-3-4-6-8(7,2)9;;;/h7H,3-6H2,1-2H3;;;. The minimum atomic E-state index is 0. The Kier molecular flexibility index (Phi) is 4.90. The van der Waals surface area contributed by atoms with E-state index in [9.17, 15) is 0 Å². The van der Waals surface area contributed by atoms with Crippen molar-refractivity contribution in [1.82, 2.24) is 0 Å². The van der Waals surface area contributed by atoms with E-state index in [0.717, 1.165) is 5.92 Å². The molecule has 0 aliphatic heterocycles. The molecule has 2 heteroatoms. The molecule has 0 saturated heterocycles. The minimum absolute atomic E-state index is 0. The van der Waals surface area contributed by atoms with Gasteiger partial charge in [-0.2, -0.15) is 0 Å². The monoisotopic (exact) mass is 312 g/mol. The molecule has 1 saturated carbocycles. The molecule has 0 bridgehead atoms. The van der Waals surface area contributed by atoms with E-state index in [1.807, 2.05) is 0 Å². The van der Waals surface area contributed by atoms with Crippen LogP contribution in [-0.2, 0) is 0 Å². The molecule has 1 aliphatic carbocycles. The third kappa shape index (κ3) is 2.72. The third-order valence-electron chi connectivity index (χ3n) is 2.58. The average Bonchev–Trinajstić information content (AvgIpc) is 1.77. The van der Waals surface area contributed by atoms with Gasteiger partial charge in [0.1, 0.15) is 0 Å². The second-order valence-corrected chi connectivity index (χ2v) is 5.24. The Morgan fingerprint density at radius 1 is 1.40 bits per heavy atom. The Bertz CT molecular complexity index is 101. The summed E-state index contributed by atoms with van der Waals surface area (Å²) >= 11 is 3.76. The topological polar surface area (TPSA) is 0 Å². The van der Waals surface area contributed by atoms with Crippen molar-refractivity contribution < 1.29 is 0 Å². The van der Waals surface area contributed by atoms with Crippen LogP contribution in [0.5, 0.6) is 0 Å². The molecule has 1 aliphatic rings. The Hall–Kier alpha value is 1.28. The molecule has 0 nitrogen and oxygen atoms in total. The van der Waals surface area contributed by atoms with Crippen LogP contribution in [0.3, 0.4) is 0 Å². The summed E-state index contributed by atoms with van der Waals surface area (Å²) in [6, 6.07) is 0. The van der Waals surface area contributed by atoms with E-state index in [1.54, 1.807) is 0 Å². The predicted octanol–water partition coefficient (Wildman–Crippen LogP) is 2.43. The van der Waals surface area contributed by atoms with Gasteiger partial charge < -0.3 is 0 Å². The molecule has 2 atom stereocenters. The van der Waals surface area contributed by atoms with Gasteiger partial charge in [-0.1, -0.05) is 35.7 Å². The van der Waals surface area contributed by atoms with Gasteiger partial charge in [-0.15, -0.1) is 0 Å². The SMILES string of the molecule is CC1CCCCC1(C)Br.[SnH2]. The van der Waals surface area contributed by atoms with Gasteiger partial charge in [-0.3, -0.25) is 0 Å². The van der Waals surface area contributed by atoms with Crippen molar-refractivity contribution in [3.63, 3.8) is 0 Å². The third-order valence-corrected chi connectivity index (χ3v) is 3.76. The van der Waals surface area contributed by atoms with Gasteiger partial charge in [-0.25, -0.2) is 0 Å². The van der Waals surface area contributed by atoms with Gasteiger partial charge in [-0.05, 0) is 25.7 Å². The molecule has 0 aromatic rings. The average molecular weight is 312 g/mol. The van der Waals surface area contributed by atoms with Crippen LogP contribution in [0.1, 0.15) is 39.5 Å². The molecule has 0 aromatic carbocycles. The van der Waals surface area contributed by atoms with Gasteiger partial charge in [0.15, 0.2) is 0 Å². The van der Waals surface area contributed by atoms with Gasteiger partial charge in [0.25, 0.3) is 0 Å². The van der Waals surface area contributed by atoms with Crippen molar-refractivity contribution in [2.45, 2.75) is 43.9 Å². The molecular weight excluding hydrogens is 295 g/mol. The van der Waals surface area contributed by atoms with Crippen molar-refractivity contribution >= 4 is 39.8 Å². The Morgan fingerprint density at radius 3 is 2.30 bits per heavy atom. The number of rotatable bonds is 0. The zero-order valence-electron chi connectivity index (χ0n) is 6.99. The first-order valence-corrected chi connectivity index (χ1v) is 4.61. The van der Waals surface area contributed by atoms with Crippen LogP contribution < -0.4 is 0 Å². The van der Waals surface area contributed by atoms with Crippen LogP contribution in [0, 0.1) is 5.92 Å². The first-order chi connectivity index (χ1) is 4.13. The molecule has 10 heavy (non-hydrogen) atoms. The zero-order chi connectivity index (χ0) is 6.91. The van der Waals surface area contributed by atoms with Crippen LogP contribution >= 0.6 is 15.9 Å². The molecule has 0 heterocycles. The van der Waals surface area contributed by atoms with Crippen molar-refractivity contribution in [3.8, 4) is 0 Å². The maximum atomic E-state index is 3.76. The second kappa shape index (κ2) is 4.34. The maximum absolute atomic E-state index is 3.76. The van der Waals surface area contributed by atoms with Gasteiger partial charge >= 0.3 is 23.9 Å². The summed E-state index contributed by atoms with van der Waals surface area (Å²) in [5, 5.41) is 0. The second-order valence-electron chi connectivity index (χ2n) is 3.42. The predicted molar refractivity (Wildman–Crippen MR) is 53.5 cm³/mol. The fraction of sp³-hybridized carbons (Fsp3) is 1.00. The van der Waals surface area contributed by atoms with Crippen molar-refractivity contribution in [1.29, 1.82) is 0 Å². The summed E-state index contributed by atoms with van der Waals surface area (Å²) in [5.74, 6) is 0.867. The Balaban J connectivity index is 0.000000810. The summed E-state index contributed by atoms with van der Waals surface area (Å²) in [6.45, 7) is 4.66. The fourth-order valence-corrected chi connectivity index (χ4v) is 1.98. The molecule has 0 aromatic heterocycles. The number of halogens is 1. The van der Waals surface area contributed by atoms with E-state index in [1.165, 1.54) is 25.7 Å². The molecule has 0 spiro atoms. The number of hydrogen-bond donors (Lipinski definition) is 0. The van der Waals surface area contributed by atoms with Crippen LogP contribution in [0.2, 0.25) is 0 Å². The first kappa shape index (κ1) is 11.3. The Morgan fingerprint density at radius 2 is 2.00 bits per heavy atom. The molecule has 60 valence electrons. The van der Waals surface area contributed by atoms with Crippen LogP contribution in [0.15, 0.2) is 0 Å². The molecule has 2 unspecified atom stereocenters.